The standard InChI is InChI=1S/C23H34Cl2N4O2/c1-26(2)10-5-13-29(17-18-6-7-20(24)21(25)16-18)22(30)19-8-14-28(15-9-19)23(31)27-11-3-4-12-27/h6-7,16,19H,3-5,8-15,17H2,1-2H3. The molecule has 3 amide bonds. The highest BCUT2D eigenvalue weighted by Gasteiger charge is 2.32. The van der Waals surface area contributed by atoms with E-state index in [-0.39, 0.29) is 17.9 Å². The van der Waals surface area contributed by atoms with Crippen LogP contribution in [-0.4, -0.2) is 84.9 Å². The zero-order valence-corrected chi connectivity index (χ0v) is 20.2. The maximum Gasteiger partial charge on any atom is 0.319 e. The van der Waals surface area contributed by atoms with Crippen molar-refractivity contribution in [2.24, 2.45) is 5.92 Å². The first-order chi connectivity index (χ1) is 14.8. The van der Waals surface area contributed by atoms with Crippen molar-refractivity contribution in [3.8, 4) is 0 Å². The molecule has 2 aliphatic rings. The first kappa shape index (κ1) is 24.1. The van der Waals surface area contributed by atoms with Gasteiger partial charge < -0.3 is 19.6 Å². The Bertz CT molecular complexity index is 760. The number of piperidine rings is 1. The van der Waals surface area contributed by atoms with Crippen LogP contribution in [0.15, 0.2) is 18.2 Å². The lowest BCUT2D eigenvalue weighted by Crippen LogP contribution is -2.48. The average molecular weight is 469 g/mol. The van der Waals surface area contributed by atoms with Gasteiger partial charge in [-0.3, -0.25) is 4.79 Å². The molecule has 0 bridgehead atoms. The lowest BCUT2D eigenvalue weighted by molar-refractivity contribution is -0.137. The van der Waals surface area contributed by atoms with E-state index in [0.29, 0.717) is 36.2 Å². The Kier molecular flexibility index (Phi) is 8.87. The van der Waals surface area contributed by atoms with Crippen molar-refractivity contribution in [1.29, 1.82) is 0 Å². The molecule has 1 aromatic rings. The van der Waals surface area contributed by atoms with Crippen LogP contribution in [0.3, 0.4) is 0 Å². The highest BCUT2D eigenvalue weighted by molar-refractivity contribution is 6.42. The molecular weight excluding hydrogens is 435 g/mol. The summed E-state index contributed by atoms with van der Waals surface area (Å²) in [5.74, 6) is 0.142. The summed E-state index contributed by atoms with van der Waals surface area (Å²) in [5.41, 5.74) is 0.981. The van der Waals surface area contributed by atoms with E-state index in [1.165, 1.54) is 0 Å². The highest BCUT2D eigenvalue weighted by Crippen LogP contribution is 2.26. The molecule has 0 spiro atoms. The van der Waals surface area contributed by atoms with Gasteiger partial charge in [0.2, 0.25) is 5.91 Å². The molecule has 1 aromatic carbocycles. The SMILES string of the molecule is CN(C)CCCN(Cc1ccc(Cl)c(Cl)c1)C(=O)C1CCN(C(=O)N2CCCC2)CC1. The molecule has 31 heavy (non-hydrogen) atoms. The highest BCUT2D eigenvalue weighted by atomic mass is 35.5. The van der Waals surface area contributed by atoms with Gasteiger partial charge in [-0.05, 0) is 70.4 Å². The lowest BCUT2D eigenvalue weighted by atomic mass is 9.95. The topological polar surface area (TPSA) is 47.1 Å². The first-order valence-corrected chi connectivity index (χ1v) is 12.0. The Morgan fingerprint density at radius 3 is 2.23 bits per heavy atom. The van der Waals surface area contributed by atoms with E-state index < -0.39 is 0 Å². The summed E-state index contributed by atoms with van der Waals surface area (Å²) in [5, 5.41) is 1.03. The molecule has 0 atom stereocenters. The van der Waals surface area contributed by atoms with Crippen LogP contribution in [0.2, 0.25) is 10.0 Å². The normalized spacial score (nSPS) is 17.5. The molecule has 0 aromatic heterocycles. The third-order valence-electron chi connectivity index (χ3n) is 6.19. The molecule has 2 saturated heterocycles. The zero-order chi connectivity index (χ0) is 22.4. The molecular formula is C23H34Cl2N4O2. The number of nitrogens with zero attached hydrogens (tertiary/aromatic N) is 4. The second-order valence-electron chi connectivity index (χ2n) is 8.90. The largest absolute Gasteiger partial charge is 0.338 e. The van der Waals surface area contributed by atoms with E-state index in [9.17, 15) is 9.59 Å². The third-order valence-corrected chi connectivity index (χ3v) is 6.93. The number of hydrogen-bond acceptors (Lipinski definition) is 3. The molecule has 2 heterocycles. The maximum atomic E-state index is 13.4. The molecule has 2 fully saturated rings. The minimum Gasteiger partial charge on any atom is -0.338 e. The van der Waals surface area contributed by atoms with Crippen molar-refractivity contribution in [3.63, 3.8) is 0 Å². The number of amides is 3. The van der Waals surface area contributed by atoms with Gasteiger partial charge in [0.25, 0.3) is 0 Å². The Morgan fingerprint density at radius 1 is 0.968 bits per heavy atom. The number of benzene rings is 1. The first-order valence-electron chi connectivity index (χ1n) is 11.3. The molecule has 0 saturated carbocycles. The quantitative estimate of drug-likeness (QED) is 0.602. The summed E-state index contributed by atoms with van der Waals surface area (Å²) in [6, 6.07) is 5.69. The summed E-state index contributed by atoms with van der Waals surface area (Å²) in [4.78, 5) is 34.0. The number of carbonyl (C=O) groups excluding carboxylic acids is 2. The lowest BCUT2D eigenvalue weighted by Gasteiger charge is -2.36. The van der Waals surface area contributed by atoms with Crippen molar-refractivity contribution in [2.75, 3.05) is 53.4 Å². The molecule has 0 aliphatic carbocycles. The molecule has 0 radical (unpaired) electrons. The molecule has 2 aliphatic heterocycles. The van der Waals surface area contributed by atoms with Crippen molar-refractivity contribution in [3.05, 3.63) is 33.8 Å². The van der Waals surface area contributed by atoms with Crippen LogP contribution < -0.4 is 0 Å². The van der Waals surface area contributed by atoms with E-state index >= 15 is 0 Å². The van der Waals surface area contributed by atoms with Crippen LogP contribution in [0.25, 0.3) is 0 Å². The number of likely N-dealkylation sites (tertiary alicyclic amines) is 2. The fraction of sp³-hybridized carbons (Fsp3) is 0.652. The summed E-state index contributed by atoms with van der Waals surface area (Å²) >= 11 is 12.2. The summed E-state index contributed by atoms with van der Waals surface area (Å²) in [6.45, 7) is 5.18. The number of hydrogen-bond donors (Lipinski definition) is 0. The van der Waals surface area contributed by atoms with Gasteiger partial charge in [-0.15, -0.1) is 0 Å². The van der Waals surface area contributed by atoms with Crippen LogP contribution >= 0.6 is 23.2 Å². The molecule has 6 nitrogen and oxygen atoms in total. The van der Waals surface area contributed by atoms with Crippen molar-refractivity contribution in [1.82, 2.24) is 19.6 Å². The van der Waals surface area contributed by atoms with Crippen LogP contribution in [0.5, 0.6) is 0 Å². The average Bonchev–Trinajstić information content (AvgIpc) is 3.29. The Labute approximate surface area is 196 Å². The predicted molar refractivity (Wildman–Crippen MR) is 126 cm³/mol. The predicted octanol–water partition coefficient (Wildman–Crippen LogP) is 4.20. The van der Waals surface area contributed by atoms with Gasteiger partial charge in [0.05, 0.1) is 10.0 Å². The Balaban J connectivity index is 1.60. The van der Waals surface area contributed by atoms with Crippen LogP contribution in [0.4, 0.5) is 4.79 Å². The fourth-order valence-corrected chi connectivity index (χ4v) is 4.71. The second kappa shape index (κ2) is 11.4. The van der Waals surface area contributed by atoms with Crippen molar-refractivity contribution in [2.45, 2.75) is 38.6 Å². The molecule has 3 rings (SSSR count). The Hall–Kier alpha value is -1.50. The monoisotopic (exact) mass is 468 g/mol. The fourth-order valence-electron chi connectivity index (χ4n) is 4.39. The smallest absolute Gasteiger partial charge is 0.319 e. The van der Waals surface area contributed by atoms with E-state index in [0.717, 1.165) is 57.3 Å². The van der Waals surface area contributed by atoms with Gasteiger partial charge in [-0.25, -0.2) is 4.79 Å². The minimum absolute atomic E-state index is 0.0373. The van der Waals surface area contributed by atoms with E-state index in [4.69, 9.17) is 23.2 Å². The molecule has 8 heteroatoms. The van der Waals surface area contributed by atoms with Crippen molar-refractivity contribution >= 4 is 35.1 Å². The van der Waals surface area contributed by atoms with Gasteiger partial charge in [0, 0.05) is 45.2 Å². The minimum atomic E-state index is -0.0373. The zero-order valence-electron chi connectivity index (χ0n) is 18.7. The van der Waals surface area contributed by atoms with Gasteiger partial charge in [-0.2, -0.15) is 0 Å². The second-order valence-corrected chi connectivity index (χ2v) is 9.72. The number of carbonyl (C=O) groups is 2. The molecule has 0 unspecified atom stereocenters. The third kappa shape index (κ3) is 6.74. The van der Waals surface area contributed by atoms with E-state index in [1.54, 1.807) is 6.07 Å². The van der Waals surface area contributed by atoms with Crippen LogP contribution in [0, 0.1) is 5.92 Å². The van der Waals surface area contributed by atoms with Gasteiger partial charge in [0.15, 0.2) is 0 Å². The van der Waals surface area contributed by atoms with Crippen molar-refractivity contribution < 1.29 is 9.59 Å². The van der Waals surface area contributed by atoms with Crippen LogP contribution in [0.1, 0.15) is 37.7 Å². The van der Waals surface area contributed by atoms with Gasteiger partial charge in [-0.1, -0.05) is 29.3 Å². The van der Waals surface area contributed by atoms with Gasteiger partial charge in [0.1, 0.15) is 0 Å². The Morgan fingerprint density at radius 2 is 1.61 bits per heavy atom. The van der Waals surface area contributed by atoms with Gasteiger partial charge >= 0.3 is 6.03 Å². The van der Waals surface area contributed by atoms with E-state index in [2.05, 4.69) is 4.90 Å². The van der Waals surface area contributed by atoms with Crippen LogP contribution in [-0.2, 0) is 11.3 Å². The number of halogens is 2. The number of rotatable bonds is 7. The summed E-state index contributed by atoms with van der Waals surface area (Å²) in [6.07, 6.45) is 4.55. The number of urea groups is 1. The van der Waals surface area contributed by atoms with E-state index in [1.807, 2.05) is 40.9 Å². The summed E-state index contributed by atoms with van der Waals surface area (Å²) in [7, 11) is 4.08. The molecule has 172 valence electrons. The molecule has 0 N–H and O–H groups in total. The maximum absolute atomic E-state index is 13.4. The summed E-state index contributed by atoms with van der Waals surface area (Å²) < 4.78 is 0.